The summed E-state index contributed by atoms with van der Waals surface area (Å²) in [4.78, 5) is 6.58. The molecular weight excluding hydrogens is 264 g/mol. The number of aryl methyl sites for hydroxylation is 1. The monoisotopic (exact) mass is 280 g/mol. The van der Waals surface area contributed by atoms with Crippen molar-refractivity contribution in [3.8, 4) is 0 Å². The van der Waals surface area contributed by atoms with Crippen molar-refractivity contribution in [3.63, 3.8) is 0 Å². The van der Waals surface area contributed by atoms with E-state index in [1.54, 1.807) is 32.0 Å². The molecule has 7 heteroatoms. The first kappa shape index (κ1) is 13.6. The Morgan fingerprint density at radius 2 is 2.05 bits per heavy atom. The third kappa shape index (κ3) is 2.94. The number of para-hydroxylation sites is 1. The number of nitrogens with two attached hydrogens (primary N) is 1. The van der Waals surface area contributed by atoms with Crippen molar-refractivity contribution in [3.05, 3.63) is 41.9 Å². The molecule has 0 aliphatic rings. The van der Waals surface area contributed by atoms with Crippen LogP contribution in [0.5, 0.6) is 0 Å². The first-order valence-corrected chi connectivity index (χ1v) is 7.27. The molecule has 0 saturated carbocycles. The highest BCUT2D eigenvalue weighted by atomic mass is 32.2. The lowest BCUT2D eigenvalue weighted by molar-refractivity contribution is 0.564. The summed E-state index contributed by atoms with van der Waals surface area (Å²) >= 11 is 0. The minimum atomic E-state index is -3.63. The lowest BCUT2D eigenvalue weighted by atomic mass is 10.1. The van der Waals surface area contributed by atoms with Gasteiger partial charge < -0.3 is 10.7 Å². The van der Waals surface area contributed by atoms with Gasteiger partial charge in [0, 0.05) is 11.7 Å². The molecule has 1 aromatic carbocycles. The van der Waals surface area contributed by atoms with Crippen LogP contribution in [0.15, 0.2) is 35.5 Å². The van der Waals surface area contributed by atoms with Gasteiger partial charge >= 0.3 is 0 Å². The smallest absolute Gasteiger partial charge is 0.258 e. The third-order valence-corrected chi connectivity index (χ3v) is 4.21. The van der Waals surface area contributed by atoms with Gasteiger partial charge in [-0.15, -0.1) is 0 Å². The fourth-order valence-corrected chi connectivity index (χ4v) is 2.99. The van der Waals surface area contributed by atoms with Gasteiger partial charge in [-0.05, 0) is 25.5 Å². The zero-order valence-corrected chi connectivity index (χ0v) is 11.5. The minimum Gasteiger partial charge on any atom is -0.398 e. The number of nitrogens with zero attached hydrogens (tertiary/aromatic N) is 1. The molecule has 0 fully saturated rings. The molecule has 6 nitrogen and oxygen atoms in total. The van der Waals surface area contributed by atoms with Crippen molar-refractivity contribution in [1.82, 2.24) is 14.7 Å². The number of imidazole rings is 1. The highest BCUT2D eigenvalue weighted by Gasteiger charge is 2.21. The quantitative estimate of drug-likeness (QED) is 0.736. The van der Waals surface area contributed by atoms with Gasteiger partial charge in [0.15, 0.2) is 5.03 Å². The Labute approximate surface area is 112 Å². The molecule has 0 aliphatic carbocycles. The summed E-state index contributed by atoms with van der Waals surface area (Å²) in [6, 6.07) is 6.73. The highest BCUT2D eigenvalue weighted by Crippen LogP contribution is 2.21. The van der Waals surface area contributed by atoms with E-state index < -0.39 is 16.1 Å². The van der Waals surface area contributed by atoms with E-state index in [4.69, 9.17) is 5.73 Å². The molecule has 19 heavy (non-hydrogen) atoms. The predicted octanol–water partition coefficient (Wildman–Crippen LogP) is 1.34. The number of aromatic nitrogens is 2. The van der Waals surface area contributed by atoms with Crippen LogP contribution in [0.4, 0.5) is 5.69 Å². The third-order valence-electron chi connectivity index (χ3n) is 2.76. The minimum absolute atomic E-state index is 0.0475. The van der Waals surface area contributed by atoms with E-state index in [0.717, 1.165) is 5.56 Å². The molecule has 0 spiro atoms. The number of nitrogen functional groups attached to an aromatic ring is 1. The molecule has 2 aromatic rings. The average Bonchev–Trinajstić information content (AvgIpc) is 2.76. The van der Waals surface area contributed by atoms with Crippen LogP contribution in [0.2, 0.25) is 0 Å². The van der Waals surface area contributed by atoms with Gasteiger partial charge in [0.1, 0.15) is 5.82 Å². The van der Waals surface area contributed by atoms with Crippen LogP contribution < -0.4 is 10.5 Å². The van der Waals surface area contributed by atoms with Crippen molar-refractivity contribution in [2.75, 3.05) is 5.73 Å². The van der Waals surface area contributed by atoms with Gasteiger partial charge in [-0.25, -0.2) is 18.1 Å². The van der Waals surface area contributed by atoms with E-state index in [2.05, 4.69) is 14.7 Å². The number of nitrogens with one attached hydrogen (secondary N) is 2. The van der Waals surface area contributed by atoms with Crippen LogP contribution in [0.3, 0.4) is 0 Å². The fourth-order valence-electron chi connectivity index (χ4n) is 1.80. The number of hydrogen-bond donors (Lipinski definition) is 3. The molecule has 4 N–H and O–H groups in total. The standard InChI is InChI=1S/C12H16N4O2S/c1-8(10-5-3-4-6-11(10)13)16-19(17,18)12-7-14-9(2)15-12/h3-8,16H,13H2,1-2H3,(H,14,15). The van der Waals surface area contributed by atoms with Crippen LogP contribution in [0.1, 0.15) is 24.4 Å². The summed E-state index contributed by atoms with van der Waals surface area (Å²) in [6.45, 7) is 3.43. The zero-order chi connectivity index (χ0) is 14.0. The molecule has 1 heterocycles. The summed E-state index contributed by atoms with van der Waals surface area (Å²) < 4.78 is 26.8. The van der Waals surface area contributed by atoms with E-state index in [9.17, 15) is 8.42 Å². The molecule has 2 rings (SSSR count). The number of aromatic amines is 1. The number of rotatable bonds is 4. The topological polar surface area (TPSA) is 101 Å². The summed E-state index contributed by atoms with van der Waals surface area (Å²) in [5, 5.41) is 0.0475. The van der Waals surface area contributed by atoms with E-state index >= 15 is 0 Å². The number of anilines is 1. The fraction of sp³-hybridized carbons (Fsp3) is 0.250. The number of hydrogen-bond acceptors (Lipinski definition) is 4. The maximum Gasteiger partial charge on any atom is 0.258 e. The van der Waals surface area contributed by atoms with Crippen LogP contribution in [0, 0.1) is 6.92 Å². The first-order valence-electron chi connectivity index (χ1n) is 5.78. The van der Waals surface area contributed by atoms with Gasteiger partial charge in [-0.1, -0.05) is 18.2 Å². The van der Waals surface area contributed by atoms with E-state index in [0.29, 0.717) is 11.5 Å². The summed E-state index contributed by atoms with van der Waals surface area (Å²) in [5.74, 6) is 0.548. The van der Waals surface area contributed by atoms with Gasteiger partial charge in [0.05, 0.1) is 6.20 Å². The van der Waals surface area contributed by atoms with Gasteiger partial charge in [-0.3, -0.25) is 0 Å². The maximum atomic E-state index is 12.1. The molecule has 0 radical (unpaired) electrons. The Hall–Kier alpha value is -1.86. The molecule has 0 amide bonds. The largest absolute Gasteiger partial charge is 0.398 e. The molecule has 0 aliphatic heterocycles. The molecular formula is C12H16N4O2S. The Morgan fingerprint density at radius 3 is 2.63 bits per heavy atom. The van der Waals surface area contributed by atoms with Crippen molar-refractivity contribution in [2.45, 2.75) is 24.9 Å². The number of H-pyrrole nitrogens is 1. The Bertz CT molecular complexity index is 679. The van der Waals surface area contributed by atoms with Crippen molar-refractivity contribution in [2.24, 2.45) is 0 Å². The van der Waals surface area contributed by atoms with Crippen LogP contribution >= 0.6 is 0 Å². The first-order chi connectivity index (χ1) is 8.90. The molecule has 102 valence electrons. The van der Waals surface area contributed by atoms with E-state index in [1.165, 1.54) is 6.20 Å². The lowest BCUT2D eigenvalue weighted by Crippen LogP contribution is -2.27. The molecule has 1 unspecified atom stereocenters. The number of sulfonamides is 1. The second kappa shape index (κ2) is 5.02. The Balaban J connectivity index is 2.24. The second-order valence-corrected chi connectivity index (χ2v) is 5.99. The zero-order valence-electron chi connectivity index (χ0n) is 10.7. The summed E-state index contributed by atoms with van der Waals surface area (Å²) in [6.07, 6.45) is 1.29. The average molecular weight is 280 g/mol. The van der Waals surface area contributed by atoms with Crippen LogP contribution in [0.25, 0.3) is 0 Å². The van der Waals surface area contributed by atoms with Crippen LogP contribution in [-0.2, 0) is 10.0 Å². The van der Waals surface area contributed by atoms with Crippen LogP contribution in [-0.4, -0.2) is 18.4 Å². The van der Waals surface area contributed by atoms with Gasteiger partial charge in [0.2, 0.25) is 0 Å². The van der Waals surface area contributed by atoms with Gasteiger partial charge in [-0.2, -0.15) is 0 Å². The summed E-state index contributed by atoms with van der Waals surface area (Å²) in [5.41, 5.74) is 7.12. The normalized spacial score (nSPS) is 13.4. The van der Waals surface area contributed by atoms with Crippen molar-refractivity contribution >= 4 is 15.7 Å². The Morgan fingerprint density at radius 1 is 1.37 bits per heavy atom. The predicted molar refractivity (Wildman–Crippen MR) is 72.9 cm³/mol. The van der Waals surface area contributed by atoms with Crippen molar-refractivity contribution in [1.29, 1.82) is 0 Å². The SMILES string of the molecule is Cc1ncc(S(=O)(=O)NC(C)c2ccccc2N)[nH]1. The maximum absolute atomic E-state index is 12.1. The second-order valence-electron chi connectivity index (χ2n) is 4.30. The Kier molecular flexibility index (Phi) is 3.59. The molecule has 0 saturated heterocycles. The van der Waals surface area contributed by atoms with E-state index in [1.807, 2.05) is 6.07 Å². The molecule has 0 bridgehead atoms. The lowest BCUT2D eigenvalue weighted by Gasteiger charge is -2.15. The molecule has 1 atom stereocenters. The number of benzene rings is 1. The highest BCUT2D eigenvalue weighted by molar-refractivity contribution is 7.89. The van der Waals surface area contributed by atoms with Crippen molar-refractivity contribution < 1.29 is 8.42 Å². The van der Waals surface area contributed by atoms with Gasteiger partial charge in [0.25, 0.3) is 10.0 Å². The molecule has 1 aromatic heterocycles. The summed E-state index contributed by atoms with van der Waals surface area (Å²) in [7, 11) is -3.63. The van der Waals surface area contributed by atoms with E-state index in [-0.39, 0.29) is 5.03 Å².